The van der Waals surface area contributed by atoms with Crippen LogP contribution in [0, 0.1) is 0 Å². The van der Waals surface area contributed by atoms with Crippen LogP contribution in [0.2, 0.25) is 0 Å². The largest absolute Gasteiger partial charge is 0.368 e. The summed E-state index contributed by atoms with van der Waals surface area (Å²) in [6.07, 6.45) is 5.39. The fourth-order valence-corrected chi connectivity index (χ4v) is 2.91. The Morgan fingerprint density at radius 2 is 2.30 bits per heavy atom. The van der Waals surface area contributed by atoms with Crippen LogP contribution >= 0.6 is 24.0 Å². The minimum Gasteiger partial charge on any atom is -0.368 e. The maximum atomic E-state index is 12.2. The Morgan fingerprint density at radius 3 is 2.96 bits per heavy atom. The van der Waals surface area contributed by atoms with Gasteiger partial charge in [-0.2, -0.15) is 0 Å². The van der Waals surface area contributed by atoms with E-state index in [1.165, 1.54) is 0 Å². The number of guanidine groups is 1. The number of nitrogens with one attached hydrogen (secondary N) is 2. The second-order valence-corrected chi connectivity index (χ2v) is 6.44. The smallest absolute Gasteiger partial charge is 0.253 e. The molecule has 1 unspecified atom stereocenters. The molecule has 150 valence electrons. The molecule has 6 nitrogen and oxygen atoms in total. The molecule has 2 rings (SSSR count). The molecule has 0 radical (unpaired) electrons. The number of carbonyl (C=O) groups excluding carboxylic acids is 1. The number of aliphatic imine (C=N–C) groups is 1. The van der Waals surface area contributed by atoms with E-state index < -0.39 is 0 Å². The summed E-state index contributed by atoms with van der Waals surface area (Å²) in [7, 11) is 3.81. The number of carbonyl (C=O) groups is 1. The third kappa shape index (κ3) is 7.88. The van der Waals surface area contributed by atoms with Gasteiger partial charge < -0.3 is 20.3 Å². The number of rotatable bonds is 8. The zero-order valence-corrected chi connectivity index (χ0v) is 18.6. The van der Waals surface area contributed by atoms with Crippen molar-refractivity contribution < 1.29 is 9.53 Å². The number of unbranched alkanes of at least 4 members (excludes halogenated alkanes) is 1. The van der Waals surface area contributed by atoms with Gasteiger partial charge in [0.05, 0.1) is 0 Å². The molecule has 0 saturated carbocycles. The van der Waals surface area contributed by atoms with Crippen molar-refractivity contribution in [3.05, 3.63) is 42.5 Å². The van der Waals surface area contributed by atoms with Gasteiger partial charge in [-0.05, 0) is 43.4 Å². The Kier molecular flexibility index (Phi) is 11.0. The van der Waals surface area contributed by atoms with E-state index in [0.29, 0.717) is 13.2 Å². The third-order valence-corrected chi connectivity index (χ3v) is 4.34. The quantitative estimate of drug-likeness (QED) is 0.194. The minimum absolute atomic E-state index is 0. The summed E-state index contributed by atoms with van der Waals surface area (Å²) < 4.78 is 5.43. The van der Waals surface area contributed by atoms with Gasteiger partial charge in [-0.3, -0.25) is 9.79 Å². The van der Waals surface area contributed by atoms with E-state index >= 15 is 0 Å². The van der Waals surface area contributed by atoms with Crippen molar-refractivity contribution in [1.82, 2.24) is 10.2 Å². The van der Waals surface area contributed by atoms with Crippen molar-refractivity contribution in [2.24, 2.45) is 4.99 Å². The molecule has 1 aromatic rings. The average molecular weight is 486 g/mol. The summed E-state index contributed by atoms with van der Waals surface area (Å²) in [4.78, 5) is 18.6. The van der Waals surface area contributed by atoms with Crippen molar-refractivity contribution >= 4 is 41.5 Å². The molecule has 1 fully saturated rings. The molecular formula is C20H31IN4O2. The number of benzene rings is 1. The topological polar surface area (TPSA) is 66.0 Å². The first-order chi connectivity index (χ1) is 12.6. The van der Waals surface area contributed by atoms with E-state index in [1.807, 2.05) is 37.4 Å². The van der Waals surface area contributed by atoms with Crippen LogP contribution in [0.15, 0.2) is 41.9 Å². The van der Waals surface area contributed by atoms with Crippen molar-refractivity contribution in [1.29, 1.82) is 0 Å². The first kappa shape index (κ1) is 23.4. The summed E-state index contributed by atoms with van der Waals surface area (Å²) in [5, 5.41) is 6.30. The second kappa shape index (κ2) is 12.7. The van der Waals surface area contributed by atoms with Gasteiger partial charge in [-0.25, -0.2) is 0 Å². The summed E-state index contributed by atoms with van der Waals surface area (Å²) >= 11 is 0. The van der Waals surface area contributed by atoms with Crippen LogP contribution in [0.4, 0.5) is 5.69 Å². The van der Waals surface area contributed by atoms with E-state index in [9.17, 15) is 4.79 Å². The number of hydrogen-bond donors (Lipinski definition) is 2. The lowest BCUT2D eigenvalue weighted by Crippen LogP contribution is -2.39. The summed E-state index contributed by atoms with van der Waals surface area (Å²) in [6, 6.07) is 7.84. The van der Waals surface area contributed by atoms with Crippen molar-refractivity contribution in [2.45, 2.75) is 38.3 Å². The van der Waals surface area contributed by atoms with Gasteiger partial charge >= 0.3 is 0 Å². The van der Waals surface area contributed by atoms with Crippen LogP contribution in [0.25, 0.3) is 0 Å². The molecule has 1 atom stereocenters. The van der Waals surface area contributed by atoms with Crippen molar-refractivity contribution in [2.75, 3.05) is 32.6 Å². The van der Waals surface area contributed by atoms with Crippen molar-refractivity contribution in [3.63, 3.8) is 0 Å². The lowest BCUT2D eigenvalue weighted by molar-refractivity contribution is -0.124. The highest BCUT2D eigenvalue weighted by atomic mass is 127. The zero-order valence-electron chi connectivity index (χ0n) is 16.2. The fourth-order valence-electron chi connectivity index (χ4n) is 2.91. The van der Waals surface area contributed by atoms with Gasteiger partial charge in [-0.1, -0.05) is 18.2 Å². The first-order valence-electron chi connectivity index (χ1n) is 9.18. The minimum atomic E-state index is -0.320. The van der Waals surface area contributed by atoms with E-state index in [0.717, 1.165) is 49.4 Å². The Balaban J connectivity index is 0.00000364. The standard InChI is InChI=1S/C20H30N4O2.HI/c1-4-5-6-12-24(3)20(21-2)22-15-16-9-7-10-17(14-16)23-19(25)18-11-8-13-26-18;/h4,7,9-10,14,18H,1,5-6,8,11-13,15H2,2-3H3,(H,21,22)(H,23,25);1H. The molecule has 0 aromatic heterocycles. The maximum absolute atomic E-state index is 12.2. The predicted molar refractivity (Wildman–Crippen MR) is 122 cm³/mol. The average Bonchev–Trinajstić information content (AvgIpc) is 3.18. The molecule has 1 amide bonds. The summed E-state index contributed by atoms with van der Waals surface area (Å²) in [6.45, 7) is 5.98. The van der Waals surface area contributed by atoms with Crippen LogP contribution in [-0.4, -0.2) is 50.1 Å². The normalized spacial score (nSPS) is 16.4. The summed E-state index contributed by atoms with van der Waals surface area (Å²) in [5.41, 5.74) is 1.87. The summed E-state index contributed by atoms with van der Waals surface area (Å²) in [5.74, 6) is 0.785. The van der Waals surface area contributed by atoms with Crippen LogP contribution < -0.4 is 10.6 Å². The van der Waals surface area contributed by atoms with Crippen LogP contribution in [0.5, 0.6) is 0 Å². The molecular weight excluding hydrogens is 455 g/mol. The van der Waals surface area contributed by atoms with E-state index in [1.54, 1.807) is 7.05 Å². The number of nitrogens with zero attached hydrogens (tertiary/aromatic N) is 2. The molecule has 27 heavy (non-hydrogen) atoms. The van der Waals surface area contributed by atoms with Gasteiger partial charge in [0.2, 0.25) is 0 Å². The molecule has 1 aliphatic heterocycles. The highest BCUT2D eigenvalue weighted by Crippen LogP contribution is 2.16. The fraction of sp³-hybridized carbons (Fsp3) is 0.500. The van der Waals surface area contributed by atoms with Gasteiger partial charge in [-0.15, -0.1) is 30.6 Å². The number of halogens is 1. The van der Waals surface area contributed by atoms with Crippen LogP contribution in [0.3, 0.4) is 0 Å². The first-order valence-corrected chi connectivity index (χ1v) is 9.18. The van der Waals surface area contributed by atoms with Gasteiger partial charge in [0.15, 0.2) is 5.96 Å². The van der Waals surface area contributed by atoms with Gasteiger partial charge in [0, 0.05) is 39.5 Å². The predicted octanol–water partition coefficient (Wildman–Crippen LogP) is 3.40. The molecule has 1 heterocycles. The van der Waals surface area contributed by atoms with Gasteiger partial charge in [0.25, 0.3) is 5.91 Å². The Bertz CT molecular complexity index is 630. The van der Waals surface area contributed by atoms with E-state index in [4.69, 9.17) is 4.74 Å². The maximum Gasteiger partial charge on any atom is 0.253 e. The van der Waals surface area contributed by atoms with Crippen LogP contribution in [0.1, 0.15) is 31.2 Å². The molecule has 0 aliphatic carbocycles. The third-order valence-electron chi connectivity index (χ3n) is 4.34. The van der Waals surface area contributed by atoms with Crippen LogP contribution in [-0.2, 0) is 16.1 Å². The zero-order chi connectivity index (χ0) is 18.8. The molecule has 7 heteroatoms. The number of amides is 1. The highest BCUT2D eigenvalue weighted by molar-refractivity contribution is 14.0. The number of ether oxygens (including phenoxy) is 1. The monoisotopic (exact) mass is 486 g/mol. The highest BCUT2D eigenvalue weighted by Gasteiger charge is 2.23. The SMILES string of the molecule is C=CCCCN(C)C(=NC)NCc1cccc(NC(=O)C2CCCO2)c1.I. The Labute approximate surface area is 179 Å². The Morgan fingerprint density at radius 1 is 1.48 bits per heavy atom. The van der Waals surface area contributed by atoms with Crippen molar-refractivity contribution in [3.8, 4) is 0 Å². The molecule has 2 N–H and O–H groups in total. The lowest BCUT2D eigenvalue weighted by atomic mass is 10.2. The second-order valence-electron chi connectivity index (χ2n) is 6.44. The van der Waals surface area contributed by atoms with E-state index in [-0.39, 0.29) is 36.0 Å². The molecule has 0 spiro atoms. The molecule has 1 aromatic carbocycles. The molecule has 0 bridgehead atoms. The lowest BCUT2D eigenvalue weighted by Gasteiger charge is -2.22. The molecule has 1 aliphatic rings. The van der Waals surface area contributed by atoms with E-state index in [2.05, 4.69) is 27.1 Å². The molecule has 1 saturated heterocycles. The number of anilines is 1. The van der Waals surface area contributed by atoms with Gasteiger partial charge in [0.1, 0.15) is 6.10 Å². The number of allylic oxidation sites excluding steroid dienone is 1. The number of hydrogen-bond acceptors (Lipinski definition) is 3. The Hall–Kier alpha value is -1.61.